The molecule has 1 fully saturated rings. The van der Waals surface area contributed by atoms with Gasteiger partial charge < -0.3 is 15.1 Å². The van der Waals surface area contributed by atoms with Gasteiger partial charge in [-0.15, -0.1) is 0 Å². The minimum absolute atomic E-state index is 0.624. The average Bonchev–Trinajstić information content (AvgIpc) is 2.76. The Labute approximate surface area is 104 Å². The SMILES string of the molecule is CNc1cncc(N2CCCC2CN(C)C)c1. The fourth-order valence-electron chi connectivity index (χ4n) is 2.51. The molecule has 4 nitrogen and oxygen atoms in total. The van der Waals surface area contributed by atoms with Crippen molar-refractivity contribution in [3.63, 3.8) is 0 Å². The Morgan fingerprint density at radius 1 is 1.47 bits per heavy atom. The molecule has 1 N–H and O–H groups in total. The van der Waals surface area contributed by atoms with Crippen molar-refractivity contribution in [3.05, 3.63) is 18.5 Å². The molecule has 1 aliphatic rings. The van der Waals surface area contributed by atoms with E-state index in [9.17, 15) is 0 Å². The Morgan fingerprint density at radius 3 is 3.00 bits per heavy atom. The van der Waals surface area contributed by atoms with E-state index in [4.69, 9.17) is 0 Å². The smallest absolute Gasteiger partial charge is 0.0576 e. The van der Waals surface area contributed by atoms with Crippen LogP contribution in [0.3, 0.4) is 0 Å². The molecule has 17 heavy (non-hydrogen) atoms. The molecule has 0 bridgehead atoms. The van der Waals surface area contributed by atoms with Gasteiger partial charge in [0.15, 0.2) is 0 Å². The highest BCUT2D eigenvalue weighted by molar-refractivity contribution is 5.56. The third-order valence-corrected chi connectivity index (χ3v) is 3.30. The predicted molar refractivity (Wildman–Crippen MR) is 72.7 cm³/mol. The van der Waals surface area contributed by atoms with E-state index in [-0.39, 0.29) is 0 Å². The van der Waals surface area contributed by atoms with E-state index in [0.717, 1.165) is 18.8 Å². The van der Waals surface area contributed by atoms with Crippen LogP contribution in [0, 0.1) is 0 Å². The Hall–Kier alpha value is -1.29. The standard InChI is InChI=1S/C13H22N4/c1-14-11-7-13(9-15-8-11)17-6-4-5-12(17)10-16(2)3/h7-9,12,14H,4-6,10H2,1-3H3. The van der Waals surface area contributed by atoms with E-state index < -0.39 is 0 Å². The van der Waals surface area contributed by atoms with Crippen LogP contribution >= 0.6 is 0 Å². The van der Waals surface area contributed by atoms with Gasteiger partial charge in [-0.3, -0.25) is 4.98 Å². The summed E-state index contributed by atoms with van der Waals surface area (Å²) >= 11 is 0. The minimum Gasteiger partial charge on any atom is -0.387 e. The molecule has 0 radical (unpaired) electrons. The fourth-order valence-corrected chi connectivity index (χ4v) is 2.51. The first kappa shape index (κ1) is 12.2. The van der Waals surface area contributed by atoms with Gasteiger partial charge in [0.05, 0.1) is 23.8 Å². The van der Waals surface area contributed by atoms with Gasteiger partial charge >= 0.3 is 0 Å². The first-order valence-corrected chi connectivity index (χ1v) is 6.25. The Morgan fingerprint density at radius 2 is 2.29 bits per heavy atom. The Kier molecular flexibility index (Phi) is 3.84. The molecule has 1 atom stereocenters. The lowest BCUT2D eigenvalue weighted by molar-refractivity contribution is 0.372. The zero-order valence-corrected chi connectivity index (χ0v) is 11.0. The van der Waals surface area contributed by atoms with Crippen molar-refractivity contribution < 1.29 is 0 Å². The number of hydrogen-bond acceptors (Lipinski definition) is 4. The van der Waals surface area contributed by atoms with Gasteiger partial charge in [-0.2, -0.15) is 0 Å². The van der Waals surface area contributed by atoms with Gasteiger partial charge in [-0.25, -0.2) is 0 Å². The van der Waals surface area contributed by atoms with E-state index in [2.05, 4.69) is 40.3 Å². The van der Waals surface area contributed by atoms with Crippen LogP contribution in [0.2, 0.25) is 0 Å². The zero-order valence-electron chi connectivity index (χ0n) is 11.0. The lowest BCUT2D eigenvalue weighted by atomic mass is 10.2. The molecule has 0 amide bonds. The van der Waals surface area contributed by atoms with E-state index in [1.165, 1.54) is 18.5 Å². The number of anilines is 2. The molecule has 1 saturated heterocycles. The zero-order chi connectivity index (χ0) is 12.3. The van der Waals surface area contributed by atoms with Gasteiger partial charge in [-0.1, -0.05) is 0 Å². The van der Waals surface area contributed by atoms with Gasteiger partial charge in [0.2, 0.25) is 0 Å². The van der Waals surface area contributed by atoms with Gasteiger partial charge in [-0.05, 0) is 33.0 Å². The Balaban J connectivity index is 2.14. The van der Waals surface area contributed by atoms with Crippen LogP contribution in [0.1, 0.15) is 12.8 Å². The van der Waals surface area contributed by atoms with Crippen molar-refractivity contribution in [3.8, 4) is 0 Å². The lowest BCUT2D eigenvalue weighted by Crippen LogP contribution is -2.37. The van der Waals surface area contributed by atoms with Crippen molar-refractivity contribution in [1.29, 1.82) is 0 Å². The molecule has 4 heteroatoms. The topological polar surface area (TPSA) is 31.4 Å². The van der Waals surface area contributed by atoms with Crippen LogP contribution in [0.4, 0.5) is 11.4 Å². The quantitative estimate of drug-likeness (QED) is 0.858. The summed E-state index contributed by atoms with van der Waals surface area (Å²) in [6.07, 6.45) is 6.39. The van der Waals surface area contributed by atoms with Crippen molar-refractivity contribution in [1.82, 2.24) is 9.88 Å². The summed E-state index contributed by atoms with van der Waals surface area (Å²) in [4.78, 5) is 9.04. The number of hydrogen-bond donors (Lipinski definition) is 1. The maximum atomic E-state index is 4.30. The molecule has 2 heterocycles. The average molecular weight is 234 g/mol. The highest BCUT2D eigenvalue weighted by Gasteiger charge is 2.25. The van der Waals surface area contributed by atoms with Crippen LogP contribution in [0.15, 0.2) is 18.5 Å². The number of aromatic nitrogens is 1. The fraction of sp³-hybridized carbons (Fsp3) is 0.615. The molecule has 1 aromatic rings. The molecule has 0 saturated carbocycles. The number of rotatable bonds is 4. The normalized spacial score (nSPS) is 20.0. The van der Waals surface area contributed by atoms with E-state index in [1.807, 2.05) is 19.4 Å². The third kappa shape index (κ3) is 2.88. The molecule has 2 rings (SSSR count). The molecule has 0 spiro atoms. The van der Waals surface area contributed by atoms with E-state index in [1.54, 1.807) is 0 Å². The summed E-state index contributed by atoms with van der Waals surface area (Å²) in [6, 6.07) is 2.81. The monoisotopic (exact) mass is 234 g/mol. The maximum Gasteiger partial charge on any atom is 0.0576 e. The summed E-state index contributed by atoms with van der Waals surface area (Å²) < 4.78 is 0. The molecular formula is C13H22N4. The Bertz CT molecular complexity index is 364. The molecule has 1 unspecified atom stereocenters. The summed E-state index contributed by atoms with van der Waals surface area (Å²) in [5.74, 6) is 0. The number of nitrogens with one attached hydrogen (secondary N) is 1. The molecular weight excluding hydrogens is 212 g/mol. The van der Waals surface area contributed by atoms with E-state index in [0.29, 0.717) is 6.04 Å². The summed E-state index contributed by atoms with van der Waals surface area (Å²) in [7, 11) is 6.21. The number of likely N-dealkylation sites (N-methyl/N-ethyl adjacent to an activating group) is 1. The first-order valence-electron chi connectivity index (χ1n) is 6.25. The van der Waals surface area contributed by atoms with E-state index >= 15 is 0 Å². The van der Waals surface area contributed by atoms with Crippen LogP contribution in [0.25, 0.3) is 0 Å². The molecule has 94 valence electrons. The van der Waals surface area contributed by atoms with Crippen molar-refractivity contribution in [2.45, 2.75) is 18.9 Å². The van der Waals surface area contributed by atoms with Gasteiger partial charge in [0, 0.05) is 26.2 Å². The number of nitrogens with zero attached hydrogens (tertiary/aromatic N) is 3. The second kappa shape index (κ2) is 5.36. The second-order valence-electron chi connectivity index (χ2n) is 4.93. The first-order chi connectivity index (χ1) is 8.20. The van der Waals surface area contributed by atoms with Crippen molar-refractivity contribution >= 4 is 11.4 Å². The summed E-state index contributed by atoms with van der Waals surface area (Å²) in [6.45, 7) is 2.26. The van der Waals surface area contributed by atoms with Crippen LogP contribution in [-0.2, 0) is 0 Å². The van der Waals surface area contributed by atoms with Crippen LogP contribution in [0.5, 0.6) is 0 Å². The van der Waals surface area contributed by atoms with Gasteiger partial charge in [0.1, 0.15) is 0 Å². The molecule has 1 aliphatic heterocycles. The largest absolute Gasteiger partial charge is 0.387 e. The van der Waals surface area contributed by atoms with Crippen LogP contribution < -0.4 is 10.2 Å². The summed E-state index contributed by atoms with van der Waals surface area (Å²) in [5, 5.41) is 3.15. The maximum absolute atomic E-state index is 4.30. The second-order valence-corrected chi connectivity index (χ2v) is 4.93. The molecule has 0 aliphatic carbocycles. The summed E-state index contributed by atoms with van der Waals surface area (Å²) in [5.41, 5.74) is 2.32. The highest BCUT2D eigenvalue weighted by atomic mass is 15.2. The third-order valence-electron chi connectivity index (χ3n) is 3.30. The lowest BCUT2D eigenvalue weighted by Gasteiger charge is -2.29. The predicted octanol–water partition coefficient (Wildman–Crippen LogP) is 1.65. The van der Waals surface area contributed by atoms with Crippen molar-refractivity contribution in [2.24, 2.45) is 0 Å². The minimum atomic E-state index is 0.624. The highest BCUT2D eigenvalue weighted by Crippen LogP contribution is 2.26. The van der Waals surface area contributed by atoms with Gasteiger partial charge in [0.25, 0.3) is 0 Å². The molecule has 0 aromatic carbocycles. The molecule has 1 aromatic heterocycles. The van der Waals surface area contributed by atoms with Crippen LogP contribution in [-0.4, -0.2) is 50.2 Å². The van der Waals surface area contributed by atoms with Crippen molar-refractivity contribution in [2.75, 3.05) is 44.4 Å². The number of pyridine rings is 1.